The Morgan fingerprint density at radius 3 is 2.52 bits per heavy atom. The molecule has 1 atom stereocenters. The van der Waals surface area contributed by atoms with Crippen molar-refractivity contribution in [2.45, 2.75) is 33.0 Å². The number of aryl methyl sites for hydroxylation is 1. The molecule has 12 heteroatoms. The Morgan fingerprint density at radius 2 is 2.00 bits per heavy atom. The summed E-state index contributed by atoms with van der Waals surface area (Å²) >= 11 is 11.1. The first kappa shape index (κ1) is 22.9. The van der Waals surface area contributed by atoms with Gasteiger partial charge in [0.05, 0.1) is 12.7 Å². The highest BCUT2D eigenvalue weighted by atomic mass is 35.5. The zero-order valence-electron chi connectivity index (χ0n) is 15.9. The van der Waals surface area contributed by atoms with Crippen LogP contribution in [0.4, 0.5) is 13.2 Å². The summed E-state index contributed by atoms with van der Waals surface area (Å²) in [5, 5.41) is 6.80. The predicted molar refractivity (Wildman–Crippen MR) is 103 cm³/mol. The molecule has 29 heavy (non-hydrogen) atoms. The number of nitrogens with zero attached hydrogens (tertiary/aromatic N) is 3. The molecule has 158 valence electrons. The molecule has 2 aromatic rings. The molecule has 0 amide bonds. The van der Waals surface area contributed by atoms with Crippen LogP contribution < -0.4 is 10.1 Å². The summed E-state index contributed by atoms with van der Waals surface area (Å²) in [6.07, 6.45) is -3.96. The molecule has 0 aliphatic rings. The number of carbonyl (C=O) groups excluding carboxylic acids is 1. The SMILES string of the molecule is COC(=O)C(NC(=S)n1nc(Oc2ncc(C(F)(F)F)cc2Cl)cc1C)C(C)C. The van der Waals surface area contributed by atoms with Gasteiger partial charge in [0, 0.05) is 18.0 Å². The van der Waals surface area contributed by atoms with Crippen LogP contribution in [-0.4, -0.2) is 39.0 Å². The monoisotopic (exact) mass is 450 g/mol. The van der Waals surface area contributed by atoms with Crippen LogP contribution in [0.2, 0.25) is 5.02 Å². The first-order chi connectivity index (χ1) is 13.4. The summed E-state index contributed by atoms with van der Waals surface area (Å²) in [5.74, 6) is -0.815. The predicted octanol–water partition coefficient (Wildman–Crippen LogP) is 3.97. The second-order valence-electron chi connectivity index (χ2n) is 6.34. The van der Waals surface area contributed by atoms with Gasteiger partial charge >= 0.3 is 12.1 Å². The van der Waals surface area contributed by atoms with Gasteiger partial charge in [-0.15, -0.1) is 5.10 Å². The molecule has 0 aliphatic carbocycles. The third-order valence-electron chi connectivity index (χ3n) is 3.79. The van der Waals surface area contributed by atoms with Crippen molar-refractivity contribution in [3.05, 3.63) is 34.6 Å². The van der Waals surface area contributed by atoms with E-state index in [0.29, 0.717) is 18.0 Å². The number of aromatic nitrogens is 3. The van der Waals surface area contributed by atoms with Gasteiger partial charge < -0.3 is 14.8 Å². The number of pyridine rings is 1. The van der Waals surface area contributed by atoms with Crippen LogP contribution in [0.25, 0.3) is 0 Å². The van der Waals surface area contributed by atoms with E-state index in [9.17, 15) is 18.0 Å². The number of esters is 1. The van der Waals surface area contributed by atoms with Crippen LogP contribution in [0.15, 0.2) is 18.3 Å². The lowest BCUT2D eigenvalue weighted by molar-refractivity contribution is -0.143. The molecular formula is C17H18ClF3N4O3S. The van der Waals surface area contributed by atoms with E-state index in [-0.39, 0.29) is 27.8 Å². The van der Waals surface area contributed by atoms with Gasteiger partial charge in [-0.1, -0.05) is 25.4 Å². The molecule has 0 radical (unpaired) electrons. The molecule has 2 aromatic heterocycles. The van der Waals surface area contributed by atoms with Crippen LogP contribution in [0.5, 0.6) is 11.8 Å². The average Bonchev–Trinajstić information content (AvgIpc) is 2.99. The molecule has 2 rings (SSSR count). The van der Waals surface area contributed by atoms with Crippen LogP contribution in [0.3, 0.4) is 0 Å². The number of hydrogen-bond donors (Lipinski definition) is 1. The van der Waals surface area contributed by atoms with Gasteiger partial charge in [-0.2, -0.15) is 13.2 Å². The summed E-state index contributed by atoms with van der Waals surface area (Å²) in [4.78, 5) is 15.5. The topological polar surface area (TPSA) is 78.3 Å². The van der Waals surface area contributed by atoms with Crippen molar-refractivity contribution in [2.75, 3.05) is 7.11 Å². The third kappa shape index (κ3) is 5.57. The van der Waals surface area contributed by atoms with Gasteiger partial charge in [0.2, 0.25) is 11.8 Å². The minimum atomic E-state index is -4.57. The molecular weight excluding hydrogens is 433 g/mol. The van der Waals surface area contributed by atoms with Crippen molar-refractivity contribution in [1.82, 2.24) is 20.1 Å². The van der Waals surface area contributed by atoms with E-state index in [1.165, 1.54) is 17.9 Å². The number of hydrogen-bond acceptors (Lipinski definition) is 6. The Bertz CT molecular complexity index is 918. The largest absolute Gasteiger partial charge is 0.467 e. The fourth-order valence-corrected chi connectivity index (χ4v) is 2.79. The lowest BCUT2D eigenvalue weighted by Crippen LogP contribution is -2.46. The number of thiocarbonyl (C=S) groups is 1. The molecule has 0 saturated heterocycles. The van der Waals surface area contributed by atoms with Gasteiger partial charge in [-0.25, -0.2) is 14.5 Å². The molecule has 1 unspecified atom stereocenters. The minimum absolute atomic E-state index is 0.0139. The number of halogens is 4. The Balaban J connectivity index is 2.20. The van der Waals surface area contributed by atoms with Crippen LogP contribution in [0, 0.1) is 12.8 Å². The van der Waals surface area contributed by atoms with E-state index in [1.54, 1.807) is 6.92 Å². The first-order valence-corrected chi connectivity index (χ1v) is 9.08. The second kappa shape index (κ2) is 8.95. The molecule has 0 fully saturated rings. The van der Waals surface area contributed by atoms with Crippen molar-refractivity contribution in [3.63, 3.8) is 0 Å². The van der Waals surface area contributed by atoms with Gasteiger partial charge in [0.25, 0.3) is 0 Å². The van der Waals surface area contributed by atoms with Gasteiger partial charge in [-0.05, 0) is 31.1 Å². The molecule has 0 spiro atoms. The summed E-state index contributed by atoms with van der Waals surface area (Å²) < 4.78 is 49.6. The molecule has 0 bridgehead atoms. The van der Waals surface area contributed by atoms with Crippen molar-refractivity contribution >= 4 is 34.9 Å². The summed E-state index contributed by atoms with van der Waals surface area (Å²) in [5.41, 5.74) is -0.447. The number of alkyl halides is 3. The second-order valence-corrected chi connectivity index (χ2v) is 7.13. The highest BCUT2D eigenvalue weighted by molar-refractivity contribution is 7.80. The normalized spacial score (nSPS) is 12.6. The van der Waals surface area contributed by atoms with Crippen molar-refractivity contribution < 1.29 is 27.4 Å². The number of nitrogens with one attached hydrogen (secondary N) is 1. The number of carbonyl (C=O) groups is 1. The Labute approximate surface area is 175 Å². The quantitative estimate of drug-likeness (QED) is 0.545. The maximum atomic E-state index is 12.7. The average molecular weight is 451 g/mol. The van der Waals surface area contributed by atoms with E-state index >= 15 is 0 Å². The number of ether oxygens (including phenoxy) is 2. The maximum absolute atomic E-state index is 12.7. The number of methoxy groups -OCH3 is 1. The fraction of sp³-hybridized carbons (Fsp3) is 0.412. The molecule has 0 aromatic carbocycles. The van der Waals surface area contributed by atoms with Crippen molar-refractivity contribution in [2.24, 2.45) is 5.92 Å². The minimum Gasteiger partial charge on any atom is -0.467 e. The first-order valence-electron chi connectivity index (χ1n) is 8.30. The van der Waals surface area contributed by atoms with E-state index in [2.05, 4.69) is 15.4 Å². The highest BCUT2D eigenvalue weighted by Crippen LogP contribution is 2.34. The highest BCUT2D eigenvalue weighted by Gasteiger charge is 2.32. The zero-order valence-corrected chi connectivity index (χ0v) is 17.4. The summed E-state index contributed by atoms with van der Waals surface area (Å²) in [6.45, 7) is 5.32. The summed E-state index contributed by atoms with van der Waals surface area (Å²) in [6, 6.07) is 1.52. The van der Waals surface area contributed by atoms with E-state index in [0.717, 1.165) is 0 Å². The van der Waals surface area contributed by atoms with Crippen LogP contribution in [0.1, 0.15) is 25.1 Å². The van der Waals surface area contributed by atoms with Gasteiger partial charge in [0.15, 0.2) is 5.11 Å². The van der Waals surface area contributed by atoms with Gasteiger partial charge in [0.1, 0.15) is 11.1 Å². The summed E-state index contributed by atoms with van der Waals surface area (Å²) in [7, 11) is 1.27. The lowest BCUT2D eigenvalue weighted by Gasteiger charge is -2.21. The Morgan fingerprint density at radius 1 is 1.34 bits per heavy atom. The maximum Gasteiger partial charge on any atom is 0.417 e. The fourth-order valence-electron chi connectivity index (χ4n) is 2.28. The Hall–Kier alpha value is -2.40. The standard InChI is InChI=1S/C17H18ClF3N4O3S/c1-8(2)13(15(26)27-4)23-16(29)25-9(3)5-12(24-25)28-14-11(18)6-10(7-22-14)17(19,20)21/h5-8,13H,1-4H3,(H,23,29). The molecule has 7 nitrogen and oxygen atoms in total. The number of rotatable bonds is 5. The molecule has 1 N–H and O–H groups in total. The molecule has 0 aliphatic heterocycles. The van der Waals surface area contributed by atoms with Crippen molar-refractivity contribution in [3.8, 4) is 11.8 Å². The van der Waals surface area contributed by atoms with E-state index < -0.39 is 23.8 Å². The van der Waals surface area contributed by atoms with E-state index in [1.807, 2.05) is 13.8 Å². The smallest absolute Gasteiger partial charge is 0.417 e. The van der Waals surface area contributed by atoms with E-state index in [4.69, 9.17) is 33.3 Å². The lowest BCUT2D eigenvalue weighted by atomic mass is 10.1. The van der Waals surface area contributed by atoms with Crippen LogP contribution in [-0.2, 0) is 15.7 Å². The van der Waals surface area contributed by atoms with Crippen LogP contribution >= 0.6 is 23.8 Å². The van der Waals surface area contributed by atoms with Crippen molar-refractivity contribution in [1.29, 1.82) is 0 Å². The zero-order chi connectivity index (χ0) is 21.9. The van der Waals surface area contributed by atoms with Gasteiger partial charge in [-0.3, -0.25) is 0 Å². The molecule has 2 heterocycles. The Kier molecular flexibility index (Phi) is 7.06. The molecule has 0 saturated carbocycles. The third-order valence-corrected chi connectivity index (χ3v) is 4.36.